The molecule has 0 unspecified atom stereocenters. The van der Waals surface area contributed by atoms with Gasteiger partial charge < -0.3 is 10.0 Å². The number of phenolic OH excluding ortho intramolecular Hbond substituents is 1. The SMILES string of the molecule is CCN(C(=O)c1cccc(O)c1)C1CC1. The van der Waals surface area contributed by atoms with E-state index in [0.717, 1.165) is 19.4 Å². The molecule has 0 radical (unpaired) electrons. The summed E-state index contributed by atoms with van der Waals surface area (Å²) >= 11 is 0. The van der Waals surface area contributed by atoms with Crippen LogP contribution in [0.25, 0.3) is 0 Å². The van der Waals surface area contributed by atoms with E-state index in [-0.39, 0.29) is 11.7 Å². The average molecular weight is 205 g/mol. The summed E-state index contributed by atoms with van der Waals surface area (Å²) in [5.74, 6) is 0.170. The first kappa shape index (κ1) is 10.0. The van der Waals surface area contributed by atoms with Crippen LogP contribution in [0, 0.1) is 0 Å². The van der Waals surface area contributed by atoms with Gasteiger partial charge in [-0.25, -0.2) is 0 Å². The fraction of sp³-hybridized carbons (Fsp3) is 0.417. The molecule has 2 rings (SSSR count). The maximum Gasteiger partial charge on any atom is 0.254 e. The van der Waals surface area contributed by atoms with Gasteiger partial charge in [0.05, 0.1) is 0 Å². The van der Waals surface area contributed by atoms with Crippen LogP contribution in [0.2, 0.25) is 0 Å². The highest BCUT2D eigenvalue weighted by atomic mass is 16.3. The first-order valence-corrected chi connectivity index (χ1v) is 5.32. The van der Waals surface area contributed by atoms with Crippen LogP contribution in [0.15, 0.2) is 24.3 Å². The van der Waals surface area contributed by atoms with E-state index >= 15 is 0 Å². The monoisotopic (exact) mass is 205 g/mol. The Hall–Kier alpha value is -1.51. The molecule has 1 aromatic rings. The number of rotatable bonds is 3. The molecule has 0 aromatic heterocycles. The summed E-state index contributed by atoms with van der Waals surface area (Å²) in [6.07, 6.45) is 2.22. The second kappa shape index (κ2) is 3.93. The second-order valence-corrected chi connectivity index (χ2v) is 3.87. The zero-order valence-electron chi connectivity index (χ0n) is 8.81. The van der Waals surface area contributed by atoms with Crippen LogP contribution in [0.3, 0.4) is 0 Å². The molecule has 1 amide bonds. The number of nitrogens with zero attached hydrogens (tertiary/aromatic N) is 1. The molecule has 1 N–H and O–H groups in total. The summed E-state index contributed by atoms with van der Waals surface area (Å²) in [6.45, 7) is 2.72. The quantitative estimate of drug-likeness (QED) is 0.820. The third-order valence-electron chi connectivity index (χ3n) is 2.68. The second-order valence-electron chi connectivity index (χ2n) is 3.87. The van der Waals surface area contributed by atoms with Gasteiger partial charge in [-0.05, 0) is 38.0 Å². The number of amides is 1. The molecule has 80 valence electrons. The van der Waals surface area contributed by atoms with Crippen molar-refractivity contribution in [2.24, 2.45) is 0 Å². The summed E-state index contributed by atoms with van der Waals surface area (Å²) in [6, 6.07) is 6.96. The molecule has 3 nitrogen and oxygen atoms in total. The minimum absolute atomic E-state index is 0.0240. The molecule has 1 aliphatic carbocycles. The molecule has 3 heteroatoms. The van der Waals surface area contributed by atoms with E-state index in [9.17, 15) is 9.90 Å². The highest BCUT2D eigenvalue weighted by Crippen LogP contribution is 2.28. The standard InChI is InChI=1S/C12H15NO2/c1-2-13(10-6-7-10)12(15)9-4-3-5-11(14)8-9/h3-5,8,10,14H,2,6-7H2,1H3. The number of hydrogen-bond acceptors (Lipinski definition) is 2. The molecule has 1 fully saturated rings. The normalized spacial score (nSPS) is 15.0. The maximum atomic E-state index is 12.0. The Balaban J connectivity index is 2.18. The van der Waals surface area contributed by atoms with E-state index in [1.807, 2.05) is 11.8 Å². The molecule has 0 bridgehead atoms. The number of aromatic hydroxyl groups is 1. The number of benzene rings is 1. The Bertz CT molecular complexity index is 372. The van der Waals surface area contributed by atoms with Gasteiger partial charge in [0.15, 0.2) is 0 Å². The van der Waals surface area contributed by atoms with Gasteiger partial charge >= 0.3 is 0 Å². The van der Waals surface area contributed by atoms with Gasteiger partial charge in [0, 0.05) is 18.2 Å². The Morgan fingerprint density at radius 3 is 2.80 bits per heavy atom. The Morgan fingerprint density at radius 1 is 1.53 bits per heavy atom. The number of hydrogen-bond donors (Lipinski definition) is 1. The molecule has 15 heavy (non-hydrogen) atoms. The number of carbonyl (C=O) groups is 1. The van der Waals surface area contributed by atoms with Gasteiger partial charge in [-0.1, -0.05) is 6.07 Å². The summed E-state index contributed by atoms with van der Waals surface area (Å²) < 4.78 is 0. The maximum absolute atomic E-state index is 12.0. The molecule has 1 aliphatic rings. The largest absolute Gasteiger partial charge is 0.508 e. The molecular formula is C12H15NO2. The number of phenols is 1. The van der Waals surface area contributed by atoms with Gasteiger partial charge in [-0.15, -0.1) is 0 Å². The predicted octanol–water partition coefficient (Wildman–Crippen LogP) is 2.02. The molecule has 1 saturated carbocycles. The number of carbonyl (C=O) groups excluding carboxylic acids is 1. The van der Waals surface area contributed by atoms with E-state index < -0.39 is 0 Å². The predicted molar refractivity (Wildman–Crippen MR) is 57.8 cm³/mol. The molecule has 0 aliphatic heterocycles. The Labute approximate surface area is 89.3 Å². The highest BCUT2D eigenvalue weighted by Gasteiger charge is 2.31. The highest BCUT2D eigenvalue weighted by molar-refractivity contribution is 5.95. The Morgan fingerprint density at radius 2 is 2.27 bits per heavy atom. The van der Waals surface area contributed by atoms with E-state index in [2.05, 4.69) is 0 Å². The van der Waals surface area contributed by atoms with Crippen molar-refractivity contribution in [1.29, 1.82) is 0 Å². The van der Waals surface area contributed by atoms with Crippen molar-refractivity contribution in [2.75, 3.05) is 6.54 Å². The molecule has 0 saturated heterocycles. The van der Waals surface area contributed by atoms with Gasteiger partial charge in [-0.3, -0.25) is 4.79 Å². The van der Waals surface area contributed by atoms with Crippen LogP contribution in [-0.2, 0) is 0 Å². The Kier molecular flexibility index (Phi) is 2.62. The fourth-order valence-corrected chi connectivity index (χ4v) is 1.76. The van der Waals surface area contributed by atoms with Crippen molar-refractivity contribution in [3.63, 3.8) is 0 Å². The van der Waals surface area contributed by atoms with Crippen LogP contribution in [-0.4, -0.2) is 28.5 Å². The van der Waals surface area contributed by atoms with Crippen molar-refractivity contribution in [2.45, 2.75) is 25.8 Å². The lowest BCUT2D eigenvalue weighted by atomic mass is 10.2. The van der Waals surface area contributed by atoms with Crippen molar-refractivity contribution >= 4 is 5.91 Å². The third-order valence-corrected chi connectivity index (χ3v) is 2.68. The molecule has 0 spiro atoms. The summed E-state index contributed by atoms with van der Waals surface area (Å²) in [4.78, 5) is 13.9. The fourth-order valence-electron chi connectivity index (χ4n) is 1.76. The van der Waals surface area contributed by atoms with Gasteiger partial charge in [0.1, 0.15) is 5.75 Å². The first-order valence-electron chi connectivity index (χ1n) is 5.32. The van der Waals surface area contributed by atoms with Crippen LogP contribution in [0.4, 0.5) is 0 Å². The molecule has 1 aromatic carbocycles. The van der Waals surface area contributed by atoms with Gasteiger partial charge in [0.2, 0.25) is 0 Å². The summed E-state index contributed by atoms with van der Waals surface area (Å²) in [5.41, 5.74) is 0.573. The summed E-state index contributed by atoms with van der Waals surface area (Å²) in [5, 5.41) is 9.30. The van der Waals surface area contributed by atoms with E-state index in [4.69, 9.17) is 0 Å². The lowest BCUT2D eigenvalue weighted by molar-refractivity contribution is 0.0752. The smallest absolute Gasteiger partial charge is 0.254 e. The van der Waals surface area contributed by atoms with E-state index in [1.54, 1.807) is 18.2 Å². The zero-order chi connectivity index (χ0) is 10.8. The molecular weight excluding hydrogens is 190 g/mol. The summed E-state index contributed by atoms with van der Waals surface area (Å²) in [7, 11) is 0. The minimum Gasteiger partial charge on any atom is -0.508 e. The van der Waals surface area contributed by atoms with Gasteiger partial charge in [-0.2, -0.15) is 0 Å². The average Bonchev–Trinajstić information content (AvgIpc) is 3.03. The third kappa shape index (κ3) is 2.12. The molecule has 0 atom stereocenters. The van der Waals surface area contributed by atoms with Crippen molar-refractivity contribution in [3.8, 4) is 5.75 Å². The lowest BCUT2D eigenvalue weighted by Crippen LogP contribution is -2.32. The van der Waals surface area contributed by atoms with Crippen LogP contribution >= 0.6 is 0 Å². The van der Waals surface area contributed by atoms with Crippen LogP contribution in [0.1, 0.15) is 30.1 Å². The lowest BCUT2D eigenvalue weighted by Gasteiger charge is -2.20. The zero-order valence-corrected chi connectivity index (χ0v) is 8.81. The van der Waals surface area contributed by atoms with Gasteiger partial charge in [0.25, 0.3) is 5.91 Å². The first-order chi connectivity index (χ1) is 7.22. The topological polar surface area (TPSA) is 40.5 Å². The van der Waals surface area contributed by atoms with Crippen LogP contribution in [0.5, 0.6) is 5.75 Å². The van der Waals surface area contributed by atoms with Crippen LogP contribution < -0.4 is 0 Å². The van der Waals surface area contributed by atoms with Crippen molar-refractivity contribution in [1.82, 2.24) is 4.90 Å². The minimum atomic E-state index is 0.0240. The van der Waals surface area contributed by atoms with E-state index in [1.165, 1.54) is 6.07 Å². The van der Waals surface area contributed by atoms with Crippen molar-refractivity contribution < 1.29 is 9.90 Å². The van der Waals surface area contributed by atoms with Crippen molar-refractivity contribution in [3.05, 3.63) is 29.8 Å². The van der Waals surface area contributed by atoms with E-state index in [0.29, 0.717) is 11.6 Å². The molecule has 0 heterocycles.